The monoisotopic (exact) mass is 479 g/mol. The zero-order chi connectivity index (χ0) is 25.3. The lowest BCUT2D eigenvalue weighted by atomic mass is 9.69. The van der Waals surface area contributed by atoms with Crippen molar-refractivity contribution in [1.29, 1.82) is 5.26 Å². The standard InChI is InChI=1S/C29H26FN5O/c1-29(11-4-6-20(32)14-29)24-10-12-33-17-26(24)35-28(36)22-8-9-25(30)23-13-19(16-34-27(22)23)21-7-3-2-5-18(21)15-31/h2-3,5,7-10,12-13,16-17,20H,4,6,11,14,32H2,1H3,(H,35,36)/t20-,29+/m0/s1. The number of hydrogen-bond donors (Lipinski definition) is 2. The van der Waals surface area contributed by atoms with Crippen LogP contribution in [0, 0.1) is 17.1 Å². The number of fused-ring (bicyclic) bond motifs is 1. The highest BCUT2D eigenvalue weighted by Crippen LogP contribution is 2.41. The lowest BCUT2D eigenvalue weighted by molar-refractivity contribution is 0.102. The number of nitrogens with two attached hydrogens (primary N) is 1. The summed E-state index contributed by atoms with van der Waals surface area (Å²) in [6.45, 7) is 2.17. The third-order valence-corrected chi connectivity index (χ3v) is 7.14. The molecule has 2 aromatic heterocycles. The average molecular weight is 480 g/mol. The topological polar surface area (TPSA) is 105 Å². The van der Waals surface area contributed by atoms with Crippen molar-refractivity contribution in [3.05, 3.63) is 89.6 Å². The van der Waals surface area contributed by atoms with E-state index < -0.39 is 11.7 Å². The first-order valence-electron chi connectivity index (χ1n) is 12.0. The maximum Gasteiger partial charge on any atom is 0.257 e. The molecule has 1 amide bonds. The normalized spacial score (nSPS) is 19.6. The number of benzene rings is 2. The number of halogens is 1. The van der Waals surface area contributed by atoms with Gasteiger partial charge in [-0.2, -0.15) is 5.26 Å². The molecule has 1 aliphatic carbocycles. The number of hydrogen-bond acceptors (Lipinski definition) is 5. The van der Waals surface area contributed by atoms with E-state index in [4.69, 9.17) is 5.73 Å². The lowest BCUT2D eigenvalue weighted by Gasteiger charge is -2.38. The Morgan fingerprint density at radius 1 is 1.22 bits per heavy atom. The molecule has 7 heteroatoms. The van der Waals surface area contributed by atoms with Gasteiger partial charge in [0, 0.05) is 34.9 Å². The highest BCUT2D eigenvalue weighted by Gasteiger charge is 2.34. The van der Waals surface area contributed by atoms with Gasteiger partial charge in [-0.1, -0.05) is 31.5 Å². The molecule has 0 spiro atoms. The van der Waals surface area contributed by atoms with E-state index in [0.29, 0.717) is 22.4 Å². The molecule has 0 saturated heterocycles. The highest BCUT2D eigenvalue weighted by atomic mass is 19.1. The molecule has 2 aromatic carbocycles. The fraction of sp³-hybridized carbons (Fsp3) is 0.241. The van der Waals surface area contributed by atoms with Crippen LogP contribution >= 0.6 is 0 Å². The van der Waals surface area contributed by atoms with Crippen LogP contribution in [0.25, 0.3) is 22.0 Å². The molecule has 0 bridgehead atoms. The Hall–Kier alpha value is -4.15. The van der Waals surface area contributed by atoms with Gasteiger partial charge in [0.05, 0.1) is 34.6 Å². The minimum Gasteiger partial charge on any atom is -0.328 e. The van der Waals surface area contributed by atoms with Crippen LogP contribution in [0.15, 0.2) is 67.1 Å². The number of carbonyl (C=O) groups is 1. The van der Waals surface area contributed by atoms with Crippen molar-refractivity contribution in [2.45, 2.75) is 44.1 Å². The summed E-state index contributed by atoms with van der Waals surface area (Å²) in [7, 11) is 0. The quantitative estimate of drug-likeness (QED) is 0.390. The number of nitrogens with one attached hydrogen (secondary N) is 1. The number of rotatable bonds is 4. The first kappa shape index (κ1) is 23.6. The van der Waals surface area contributed by atoms with Crippen molar-refractivity contribution >= 4 is 22.5 Å². The van der Waals surface area contributed by atoms with Crippen LogP contribution in [0.2, 0.25) is 0 Å². The second kappa shape index (κ2) is 9.48. The fourth-order valence-electron chi connectivity index (χ4n) is 5.34. The Balaban J connectivity index is 1.52. The lowest BCUT2D eigenvalue weighted by Crippen LogP contribution is -2.37. The summed E-state index contributed by atoms with van der Waals surface area (Å²) in [6.07, 6.45) is 8.76. The molecule has 180 valence electrons. The Morgan fingerprint density at radius 2 is 2.06 bits per heavy atom. The van der Waals surface area contributed by atoms with Crippen LogP contribution in [-0.4, -0.2) is 21.9 Å². The summed E-state index contributed by atoms with van der Waals surface area (Å²) in [5.41, 5.74) is 9.95. The molecule has 1 fully saturated rings. The molecule has 2 heterocycles. The molecule has 0 aliphatic heterocycles. The largest absolute Gasteiger partial charge is 0.328 e. The fourth-order valence-corrected chi connectivity index (χ4v) is 5.34. The number of aromatic nitrogens is 2. The van der Waals surface area contributed by atoms with Gasteiger partial charge in [-0.05, 0) is 60.6 Å². The molecule has 5 rings (SSSR count). The highest BCUT2D eigenvalue weighted by molar-refractivity contribution is 6.12. The van der Waals surface area contributed by atoms with E-state index in [2.05, 4.69) is 28.3 Å². The molecule has 2 atom stereocenters. The molecule has 3 N–H and O–H groups in total. The number of pyridine rings is 2. The molecule has 1 saturated carbocycles. The van der Waals surface area contributed by atoms with Crippen LogP contribution in [0.5, 0.6) is 0 Å². The predicted molar refractivity (Wildman–Crippen MR) is 138 cm³/mol. The third-order valence-electron chi connectivity index (χ3n) is 7.14. The molecule has 36 heavy (non-hydrogen) atoms. The van der Waals surface area contributed by atoms with Gasteiger partial charge in [0.2, 0.25) is 0 Å². The molecular weight excluding hydrogens is 453 g/mol. The van der Waals surface area contributed by atoms with E-state index in [0.717, 1.165) is 31.2 Å². The van der Waals surface area contributed by atoms with E-state index >= 15 is 0 Å². The van der Waals surface area contributed by atoms with Gasteiger partial charge in [-0.3, -0.25) is 14.8 Å². The van der Waals surface area contributed by atoms with Gasteiger partial charge in [-0.25, -0.2) is 4.39 Å². The molecule has 1 aliphatic rings. The van der Waals surface area contributed by atoms with Crippen LogP contribution in [0.1, 0.15) is 54.1 Å². The van der Waals surface area contributed by atoms with E-state index in [1.807, 2.05) is 12.1 Å². The van der Waals surface area contributed by atoms with Gasteiger partial charge in [-0.15, -0.1) is 0 Å². The summed E-state index contributed by atoms with van der Waals surface area (Å²) in [5, 5.41) is 12.6. The Kier molecular flexibility index (Phi) is 6.21. The SMILES string of the molecule is C[C@@]1(c2ccncc2NC(=O)c2ccc(F)c3cc(-c4ccccc4C#N)cnc23)CCC[C@H](N)C1. The maximum absolute atomic E-state index is 14.9. The van der Waals surface area contributed by atoms with E-state index in [-0.39, 0.29) is 27.9 Å². The van der Waals surface area contributed by atoms with Gasteiger partial charge in [0.15, 0.2) is 0 Å². The van der Waals surface area contributed by atoms with Crippen molar-refractivity contribution in [2.75, 3.05) is 5.32 Å². The van der Waals surface area contributed by atoms with Crippen LogP contribution in [0.3, 0.4) is 0 Å². The molecule has 0 unspecified atom stereocenters. The van der Waals surface area contributed by atoms with E-state index in [9.17, 15) is 14.4 Å². The summed E-state index contributed by atoms with van der Waals surface area (Å²) >= 11 is 0. The van der Waals surface area contributed by atoms with Crippen LogP contribution < -0.4 is 11.1 Å². The smallest absolute Gasteiger partial charge is 0.257 e. The third kappa shape index (κ3) is 4.32. The molecule has 4 aromatic rings. The minimum absolute atomic E-state index is 0.117. The zero-order valence-corrected chi connectivity index (χ0v) is 20.0. The first-order chi connectivity index (χ1) is 17.4. The predicted octanol–water partition coefficient (Wildman–Crippen LogP) is 5.72. The molecular formula is C29H26FN5O. The van der Waals surface area contributed by atoms with Gasteiger partial charge >= 0.3 is 0 Å². The van der Waals surface area contributed by atoms with Crippen molar-refractivity contribution in [2.24, 2.45) is 5.73 Å². The minimum atomic E-state index is -0.490. The number of nitrogens with zero attached hydrogens (tertiary/aromatic N) is 3. The van der Waals surface area contributed by atoms with Crippen LogP contribution in [-0.2, 0) is 5.41 Å². The number of carbonyl (C=O) groups excluding carboxylic acids is 1. The summed E-state index contributed by atoms with van der Waals surface area (Å²) < 4.78 is 14.9. The van der Waals surface area contributed by atoms with Crippen molar-refractivity contribution in [3.8, 4) is 17.2 Å². The number of anilines is 1. The Labute approximate surface area is 209 Å². The Morgan fingerprint density at radius 3 is 2.86 bits per heavy atom. The van der Waals surface area contributed by atoms with Crippen molar-refractivity contribution in [1.82, 2.24) is 9.97 Å². The second-order valence-electron chi connectivity index (χ2n) is 9.66. The Bertz CT molecular complexity index is 1510. The number of amides is 1. The summed E-state index contributed by atoms with van der Waals surface area (Å²) in [6, 6.07) is 15.6. The van der Waals surface area contributed by atoms with Crippen molar-refractivity contribution in [3.63, 3.8) is 0 Å². The van der Waals surface area contributed by atoms with Crippen molar-refractivity contribution < 1.29 is 9.18 Å². The molecule has 6 nitrogen and oxygen atoms in total. The van der Waals surface area contributed by atoms with Gasteiger partial charge < -0.3 is 11.1 Å². The van der Waals surface area contributed by atoms with E-state index in [1.54, 1.807) is 42.9 Å². The van der Waals surface area contributed by atoms with Gasteiger partial charge in [0.25, 0.3) is 5.91 Å². The first-order valence-corrected chi connectivity index (χ1v) is 12.0. The van der Waals surface area contributed by atoms with Crippen LogP contribution in [0.4, 0.5) is 10.1 Å². The average Bonchev–Trinajstić information content (AvgIpc) is 2.89. The second-order valence-corrected chi connectivity index (χ2v) is 9.66. The molecule has 0 radical (unpaired) electrons. The van der Waals surface area contributed by atoms with E-state index in [1.165, 1.54) is 12.1 Å². The maximum atomic E-state index is 14.9. The zero-order valence-electron chi connectivity index (χ0n) is 20.0. The summed E-state index contributed by atoms with van der Waals surface area (Å²) in [4.78, 5) is 22.1. The van der Waals surface area contributed by atoms with Gasteiger partial charge in [0.1, 0.15) is 5.82 Å². The number of nitriles is 1. The summed E-state index contributed by atoms with van der Waals surface area (Å²) in [5.74, 6) is -0.883.